The molecular formula is C18H28N4O2. The number of nitrogens with one attached hydrogen (secondary N) is 2. The normalized spacial score (nSPS) is 14.5. The molecule has 2 aromatic heterocycles. The largest absolute Gasteiger partial charge is 0.466 e. The Kier molecular flexibility index (Phi) is 5.72. The van der Waals surface area contributed by atoms with Gasteiger partial charge in [0.2, 0.25) is 0 Å². The molecule has 132 valence electrons. The maximum atomic E-state index is 10.8. The number of rotatable bonds is 6. The first-order valence-electron chi connectivity index (χ1n) is 8.24. The molecule has 2 rings (SSSR count). The fraction of sp³-hybridized carbons (Fsp3) is 0.500. The number of hydrogen-bond acceptors (Lipinski definition) is 3. The van der Waals surface area contributed by atoms with Crippen LogP contribution >= 0.6 is 0 Å². The number of aromatic nitrogens is 1. The summed E-state index contributed by atoms with van der Waals surface area (Å²) < 4.78 is 7.53. The van der Waals surface area contributed by atoms with E-state index in [1.54, 1.807) is 6.92 Å². The molecule has 24 heavy (non-hydrogen) atoms. The summed E-state index contributed by atoms with van der Waals surface area (Å²) in [5.41, 5.74) is 0.902. The Bertz CT molecular complexity index is 698. The van der Waals surface area contributed by atoms with Gasteiger partial charge in [-0.3, -0.25) is 0 Å². The molecule has 0 bridgehead atoms. The Morgan fingerprint density at radius 3 is 2.67 bits per heavy atom. The van der Waals surface area contributed by atoms with Gasteiger partial charge in [-0.15, -0.1) is 0 Å². The Balaban J connectivity index is 2.03. The van der Waals surface area contributed by atoms with Crippen molar-refractivity contribution in [1.82, 2.24) is 15.2 Å². The molecule has 0 aliphatic rings. The summed E-state index contributed by atoms with van der Waals surface area (Å²) in [6, 6.07) is 3.92. The average molecular weight is 332 g/mol. The summed E-state index contributed by atoms with van der Waals surface area (Å²) in [6.07, 6.45) is 4.04. The van der Waals surface area contributed by atoms with E-state index in [1.165, 1.54) is 0 Å². The van der Waals surface area contributed by atoms with E-state index in [9.17, 15) is 5.11 Å². The second-order valence-corrected chi connectivity index (χ2v) is 6.33. The Morgan fingerprint density at radius 2 is 2.12 bits per heavy atom. The third-order valence-electron chi connectivity index (χ3n) is 3.88. The quantitative estimate of drug-likeness (QED) is 0.560. The Hall–Kier alpha value is -2.21. The van der Waals surface area contributed by atoms with Gasteiger partial charge in [0.15, 0.2) is 5.96 Å². The molecule has 0 spiro atoms. The first-order valence-corrected chi connectivity index (χ1v) is 8.24. The van der Waals surface area contributed by atoms with Gasteiger partial charge < -0.3 is 24.7 Å². The van der Waals surface area contributed by atoms with Crippen LogP contribution in [0.15, 0.2) is 33.9 Å². The molecule has 1 unspecified atom stereocenters. The van der Waals surface area contributed by atoms with Gasteiger partial charge in [0.25, 0.3) is 0 Å². The van der Waals surface area contributed by atoms with Crippen molar-refractivity contribution in [2.45, 2.75) is 39.8 Å². The minimum atomic E-state index is -1.04. The van der Waals surface area contributed by atoms with Crippen molar-refractivity contribution in [3.63, 3.8) is 0 Å². The molecule has 0 fully saturated rings. The van der Waals surface area contributed by atoms with Crippen LogP contribution < -0.4 is 10.6 Å². The standard InChI is InChI=1S/C18H28N4O2/c1-6-19-17(20-10-15-7-8-22(5)11-15)21-12-18(4,23)16-9-13(2)24-14(16)3/h7-9,11,23H,6,10,12H2,1-5H3,(H2,19,20,21). The zero-order chi connectivity index (χ0) is 17.7. The zero-order valence-electron chi connectivity index (χ0n) is 15.2. The van der Waals surface area contributed by atoms with Crippen LogP contribution in [0.1, 0.15) is 36.5 Å². The second-order valence-electron chi connectivity index (χ2n) is 6.33. The third-order valence-corrected chi connectivity index (χ3v) is 3.88. The summed E-state index contributed by atoms with van der Waals surface area (Å²) in [5, 5.41) is 17.2. The van der Waals surface area contributed by atoms with Crippen LogP contribution in [-0.2, 0) is 19.2 Å². The van der Waals surface area contributed by atoms with Gasteiger partial charge in [-0.05, 0) is 45.4 Å². The molecule has 0 aromatic carbocycles. The summed E-state index contributed by atoms with van der Waals surface area (Å²) in [5.74, 6) is 2.22. The van der Waals surface area contributed by atoms with Crippen molar-refractivity contribution in [3.8, 4) is 0 Å². The van der Waals surface area contributed by atoms with Crippen LogP contribution in [0.25, 0.3) is 0 Å². The van der Waals surface area contributed by atoms with E-state index in [0.717, 1.165) is 29.2 Å². The van der Waals surface area contributed by atoms with Gasteiger partial charge in [-0.1, -0.05) is 0 Å². The highest BCUT2D eigenvalue weighted by molar-refractivity contribution is 5.79. The van der Waals surface area contributed by atoms with E-state index < -0.39 is 5.60 Å². The summed E-state index contributed by atoms with van der Waals surface area (Å²) in [6.45, 7) is 9.22. The van der Waals surface area contributed by atoms with Gasteiger partial charge >= 0.3 is 0 Å². The van der Waals surface area contributed by atoms with Crippen LogP contribution in [0.3, 0.4) is 0 Å². The minimum Gasteiger partial charge on any atom is -0.466 e. The SMILES string of the molecule is CCNC(=NCc1ccn(C)c1)NCC(C)(O)c1cc(C)oc1C. The fourth-order valence-electron chi connectivity index (χ4n) is 2.68. The van der Waals surface area contributed by atoms with Gasteiger partial charge in [-0.2, -0.15) is 0 Å². The number of nitrogens with zero attached hydrogens (tertiary/aromatic N) is 2. The second kappa shape index (κ2) is 7.57. The van der Waals surface area contributed by atoms with Crippen molar-refractivity contribution in [2.75, 3.05) is 13.1 Å². The van der Waals surface area contributed by atoms with E-state index in [-0.39, 0.29) is 0 Å². The Morgan fingerprint density at radius 1 is 1.38 bits per heavy atom. The summed E-state index contributed by atoms with van der Waals surface area (Å²) >= 11 is 0. The minimum absolute atomic E-state index is 0.341. The monoisotopic (exact) mass is 332 g/mol. The van der Waals surface area contributed by atoms with Crippen LogP contribution in [0.5, 0.6) is 0 Å². The fourth-order valence-corrected chi connectivity index (χ4v) is 2.68. The van der Waals surface area contributed by atoms with Gasteiger partial charge in [0, 0.05) is 31.5 Å². The average Bonchev–Trinajstić information content (AvgIpc) is 3.07. The number of aryl methyl sites for hydroxylation is 3. The maximum absolute atomic E-state index is 10.8. The first kappa shape index (κ1) is 18.1. The molecular weight excluding hydrogens is 304 g/mol. The maximum Gasteiger partial charge on any atom is 0.191 e. The van der Waals surface area contributed by atoms with Crippen LogP contribution in [0, 0.1) is 13.8 Å². The molecule has 0 amide bonds. The Labute approximate surface area is 143 Å². The highest BCUT2D eigenvalue weighted by Gasteiger charge is 2.27. The summed E-state index contributed by atoms with van der Waals surface area (Å²) in [7, 11) is 1.99. The molecule has 2 aromatic rings. The van der Waals surface area contributed by atoms with E-state index in [1.807, 2.05) is 56.9 Å². The molecule has 2 heterocycles. The van der Waals surface area contributed by atoms with Crippen molar-refractivity contribution in [3.05, 3.63) is 47.2 Å². The van der Waals surface area contributed by atoms with Crippen molar-refractivity contribution in [2.24, 2.45) is 12.0 Å². The number of aliphatic imine (C=N–C) groups is 1. The molecule has 6 nitrogen and oxygen atoms in total. The van der Waals surface area contributed by atoms with E-state index >= 15 is 0 Å². The molecule has 0 saturated heterocycles. The molecule has 0 aliphatic heterocycles. The van der Waals surface area contributed by atoms with Gasteiger partial charge in [0.1, 0.15) is 17.1 Å². The van der Waals surface area contributed by atoms with Crippen molar-refractivity contribution >= 4 is 5.96 Å². The van der Waals surface area contributed by atoms with E-state index in [4.69, 9.17) is 4.42 Å². The first-order chi connectivity index (χ1) is 11.3. The number of hydrogen-bond donors (Lipinski definition) is 3. The number of aliphatic hydroxyl groups is 1. The molecule has 1 atom stereocenters. The highest BCUT2D eigenvalue weighted by Crippen LogP contribution is 2.26. The van der Waals surface area contributed by atoms with Gasteiger partial charge in [-0.25, -0.2) is 4.99 Å². The predicted molar refractivity (Wildman–Crippen MR) is 96.0 cm³/mol. The topological polar surface area (TPSA) is 74.7 Å². The van der Waals surface area contributed by atoms with Crippen LogP contribution in [0.2, 0.25) is 0 Å². The lowest BCUT2D eigenvalue weighted by Gasteiger charge is -2.24. The lowest BCUT2D eigenvalue weighted by molar-refractivity contribution is 0.0601. The molecule has 3 N–H and O–H groups in total. The van der Waals surface area contributed by atoms with Gasteiger partial charge in [0.05, 0.1) is 13.1 Å². The zero-order valence-corrected chi connectivity index (χ0v) is 15.2. The lowest BCUT2D eigenvalue weighted by atomic mass is 9.96. The number of furan rings is 1. The van der Waals surface area contributed by atoms with E-state index in [2.05, 4.69) is 15.6 Å². The molecule has 0 saturated carbocycles. The lowest BCUT2D eigenvalue weighted by Crippen LogP contribution is -2.44. The van der Waals surface area contributed by atoms with Crippen LogP contribution in [-0.4, -0.2) is 28.7 Å². The highest BCUT2D eigenvalue weighted by atomic mass is 16.3. The smallest absolute Gasteiger partial charge is 0.191 e. The summed E-state index contributed by atoms with van der Waals surface area (Å²) in [4.78, 5) is 4.57. The van der Waals surface area contributed by atoms with Crippen molar-refractivity contribution in [1.29, 1.82) is 0 Å². The third kappa shape index (κ3) is 4.64. The predicted octanol–water partition coefficient (Wildman–Crippen LogP) is 2.20. The number of guanidine groups is 1. The van der Waals surface area contributed by atoms with Crippen molar-refractivity contribution < 1.29 is 9.52 Å². The van der Waals surface area contributed by atoms with Crippen LogP contribution in [0.4, 0.5) is 0 Å². The van der Waals surface area contributed by atoms with E-state index in [0.29, 0.717) is 19.0 Å². The molecule has 0 radical (unpaired) electrons. The molecule has 6 heteroatoms. The molecule has 0 aliphatic carbocycles.